The third kappa shape index (κ3) is 2.03. The van der Waals surface area contributed by atoms with Crippen molar-refractivity contribution in [3.63, 3.8) is 0 Å². The molecule has 0 bridgehead atoms. The van der Waals surface area contributed by atoms with Gasteiger partial charge in [0.15, 0.2) is 5.69 Å². The van der Waals surface area contributed by atoms with Gasteiger partial charge in [0.2, 0.25) is 0 Å². The Bertz CT molecular complexity index is 401. The van der Waals surface area contributed by atoms with E-state index in [-0.39, 0.29) is 5.69 Å². The molecule has 6 nitrogen and oxygen atoms in total. The zero-order valence-electron chi connectivity index (χ0n) is 8.17. The number of aromatic nitrogens is 2. The number of thioether (sulfide) groups is 1. The molecule has 0 saturated carbocycles. The number of carbonyl (C=O) groups is 2. The molecule has 86 valence electrons. The zero-order valence-corrected chi connectivity index (χ0v) is 9.81. The van der Waals surface area contributed by atoms with Gasteiger partial charge in [0.1, 0.15) is 5.54 Å². The lowest BCUT2D eigenvalue weighted by Gasteiger charge is -2.23. The number of carbonyl (C=O) groups excluding carboxylic acids is 1. The van der Waals surface area contributed by atoms with Gasteiger partial charge in [0, 0.05) is 5.75 Å². The average molecular weight is 259 g/mol. The number of aliphatic carboxylic acids is 1. The number of hydrogen-bond donors (Lipinski definition) is 2. The van der Waals surface area contributed by atoms with Crippen molar-refractivity contribution in [2.75, 3.05) is 11.5 Å². The van der Waals surface area contributed by atoms with Crippen LogP contribution in [0, 0.1) is 0 Å². The van der Waals surface area contributed by atoms with Gasteiger partial charge in [-0.2, -0.15) is 20.5 Å². The third-order valence-electron chi connectivity index (χ3n) is 2.38. The molecule has 1 aliphatic rings. The minimum absolute atomic E-state index is 0.169. The summed E-state index contributed by atoms with van der Waals surface area (Å²) in [6.45, 7) is 0. The lowest BCUT2D eigenvalue weighted by molar-refractivity contribution is -0.143. The number of amides is 1. The molecule has 1 aliphatic heterocycles. The maximum atomic E-state index is 11.7. The lowest BCUT2D eigenvalue weighted by Crippen LogP contribution is -2.54. The van der Waals surface area contributed by atoms with E-state index in [9.17, 15) is 9.59 Å². The van der Waals surface area contributed by atoms with Crippen molar-refractivity contribution >= 4 is 35.4 Å². The van der Waals surface area contributed by atoms with E-state index in [0.29, 0.717) is 12.2 Å². The van der Waals surface area contributed by atoms with E-state index in [0.717, 1.165) is 17.5 Å². The molecular weight excluding hydrogens is 250 g/mol. The molecule has 0 radical (unpaired) electrons. The Morgan fingerprint density at radius 2 is 2.38 bits per heavy atom. The summed E-state index contributed by atoms with van der Waals surface area (Å²) in [6, 6.07) is 0. The first-order valence-electron chi connectivity index (χ1n) is 4.55. The fourth-order valence-electron chi connectivity index (χ4n) is 1.43. The van der Waals surface area contributed by atoms with Crippen LogP contribution in [0.25, 0.3) is 0 Å². The summed E-state index contributed by atoms with van der Waals surface area (Å²) in [4.78, 5) is 22.9. The first-order valence-corrected chi connectivity index (χ1v) is 6.44. The van der Waals surface area contributed by atoms with E-state index in [2.05, 4.69) is 14.1 Å². The molecule has 8 heteroatoms. The van der Waals surface area contributed by atoms with Gasteiger partial charge in [0.25, 0.3) is 5.91 Å². The van der Waals surface area contributed by atoms with Crippen LogP contribution in [0.5, 0.6) is 0 Å². The minimum Gasteiger partial charge on any atom is -0.479 e. The van der Waals surface area contributed by atoms with E-state index in [4.69, 9.17) is 5.11 Å². The highest BCUT2D eigenvalue weighted by atomic mass is 32.2. The summed E-state index contributed by atoms with van der Waals surface area (Å²) in [5.74, 6) is -0.333. The second-order valence-electron chi connectivity index (χ2n) is 3.44. The second kappa shape index (κ2) is 4.38. The summed E-state index contributed by atoms with van der Waals surface area (Å²) in [5.41, 5.74) is -0.978. The molecule has 1 aromatic heterocycles. The van der Waals surface area contributed by atoms with Crippen LogP contribution in [0.2, 0.25) is 0 Å². The number of hydrogen-bond acceptors (Lipinski definition) is 6. The standard InChI is InChI=1S/C8H9N3O3S2/c12-6(5-3-9-16-11-5)10-8(7(13)14)1-2-15-4-8/h3H,1-2,4H2,(H,10,12)(H,13,14). The smallest absolute Gasteiger partial charge is 0.330 e. The number of carboxylic acid groups (broad SMARTS) is 1. The van der Waals surface area contributed by atoms with Gasteiger partial charge >= 0.3 is 5.97 Å². The second-order valence-corrected chi connectivity index (χ2v) is 5.10. The van der Waals surface area contributed by atoms with Gasteiger partial charge in [-0.1, -0.05) is 0 Å². The average Bonchev–Trinajstić information content (AvgIpc) is 2.88. The van der Waals surface area contributed by atoms with E-state index in [1.54, 1.807) is 0 Å². The summed E-state index contributed by atoms with van der Waals surface area (Å²) >= 11 is 2.44. The van der Waals surface area contributed by atoms with Crippen LogP contribution in [0.4, 0.5) is 0 Å². The van der Waals surface area contributed by atoms with E-state index in [1.807, 2.05) is 0 Å². The molecule has 1 fully saturated rings. The van der Waals surface area contributed by atoms with E-state index in [1.165, 1.54) is 18.0 Å². The molecule has 1 amide bonds. The van der Waals surface area contributed by atoms with Gasteiger partial charge in [-0.25, -0.2) is 4.79 Å². The van der Waals surface area contributed by atoms with Gasteiger partial charge in [-0.15, -0.1) is 0 Å². The first kappa shape index (κ1) is 11.3. The highest BCUT2D eigenvalue weighted by molar-refractivity contribution is 7.99. The topological polar surface area (TPSA) is 92.2 Å². The van der Waals surface area contributed by atoms with E-state index >= 15 is 0 Å². The molecule has 1 saturated heterocycles. The van der Waals surface area contributed by atoms with Crippen LogP contribution >= 0.6 is 23.5 Å². The van der Waals surface area contributed by atoms with Gasteiger partial charge in [-0.3, -0.25) is 4.79 Å². The molecule has 1 aromatic rings. The first-order chi connectivity index (χ1) is 7.64. The molecule has 2 rings (SSSR count). The fraction of sp³-hybridized carbons (Fsp3) is 0.500. The maximum Gasteiger partial charge on any atom is 0.330 e. The number of nitrogens with zero attached hydrogens (tertiary/aromatic N) is 2. The molecule has 1 unspecified atom stereocenters. The van der Waals surface area contributed by atoms with Crippen molar-refractivity contribution in [3.8, 4) is 0 Å². The molecule has 2 N–H and O–H groups in total. The van der Waals surface area contributed by atoms with Crippen molar-refractivity contribution in [1.82, 2.24) is 14.1 Å². The third-order valence-corrected chi connectivity index (χ3v) is 4.05. The molecule has 0 spiro atoms. The predicted octanol–water partition coefficient (Wildman–Crippen LogP) is 0.228. The van der Waals surface area contributed by atoms with Gasteiger partial charge in [-0.05, 0) is 12.2 Å². The van der Waals surface area contributed by atoms with Crippen LogP contribution in [0.15, 0.2) is 6.20 Å². The Kier molecular flexibility index (Phi) is 3.10. The molecule has 0 aliphatic carbocycles. The molecule has 2 heterocycles. The van der Waals surface area contributed by atoms with Crippen LogP contribution in [-0.2, 0) is 4.79 Å². The van der Waals surface area contributed by atoms with Crippen molar-refractivity contribution in [2.24, 2.45) is 0 Å². The lowest BCUT2D eigenvalue weighted by atomic mass is 9.99. The van der Waals surface area contributed by atoms with Crippen LogP contribution < -0.4 is 5.32 Å². The molecule has 0 aromatic carbocycles. The Balaban J connectivity index is 2.13. The van der Waals surface area contributed by atoms with Crippen molar-refractivity contribution < 1.29 is 14.7 Å². The Morgan fingerprint density at radius 3 is 2.88 bits per heavy atom. The molecular formula is C8H9N3O3S2. The summed E-state index contributed by atoms with van der Waals surface area (Å²) < 4.78 is 7.47. The quantitative estimate of drug-likeness (QED) is 0.807. The Hall–Kier alpha value is -1.15. The predicted molar refractivity (Wildman–Crippen MR) is 59.7 cm³/mol. The summed E-state index contributed by atoms with van der Waals surface area (Å²) in [7, 11) is 0. The van der Waals surface area contributed by atoms with Gasteiger partial charge < -0.3 is 10.4 Å². The highest BCUT2D eigenvalue weighted by Crippen LogP contribution is 2.28. The maximum absolute atomic E-state index is 11.7. The Labute approximate surface area is 99.8 Å². The normalized spacial score (nSPS) is 24.2. The van der Waals surface area contributed by atoms with Crippen LogP contribution in [0.3, 0.4) is 0 Å². The number of rotatable bonds is 3. The zero-order chi connectivity index (χ0) is 11.6. The van der Waals surface area contributed by atoms with Gasteiger partial charge in [0.05, 0.1) is 17.9 Å². The molecule has 16 heavy (non-hydrogen) atoms. The monoisotopic (exact) mass is 259 g/mol. The summed E-state index contributed by atoms with van der Waals surface area (Å²) in [5, 5.41) is 11.7. The Morgan fingerprint density at radius 1 is 1.56 bits per heavy atom. The highest BCUT2D eigenvalue weighted by Gasteiger charge is 2.43. The number of carboxylic acids is 1. The van der Waals surface area contributed by atoms with Crippen molar-refractivity contribution in [3.05, 3.63) is 11.9 Å². The number of nitrogens with one attached hydrogen (secondary N) is 1. The van der Waals surface area contributed by atoms with E-state index < -0.39 is 17.4 Å². The van der Waals surface area contributed by atoms with Crippen molar-refractivity contribution in [2.45, 2.75) is 12.0 Å². The molecule has 1 atom stereocenters. The SMILES string of the molecule is O=C(NC1(C(=O)O)CCSC1)c1cnsn1. The minimum atomic E-state index is -1.15. The van der Waals surface area contributed by atoms with Crippen molar-refractivity contribution in [1.29, 1.82) is 0 Å². The van der Waals surface area contributed by atoms with Crippen LogP contribution in [0.1, 0.15) is 16.9 Å². The summed E-state index contributed by atoms with van der Waals surface area (Å²) in [6.07, 6.45) is 1.77. The fourth-order valence-corrected chi connectivity index (χ4v) is 3.17. The van der Waals surface area contributed by atoms with Crippen LogP contribution in [-0.4, -0.2) is 42.8 Å². The largest absolute Gasteiger partial charge is 0.479 e.